The molecule has 20 heavy (non-hydrogen) atoms. The molecule has 1 atom stereocenters. The normalized spacial score (nSPS) is 12.4. The summed E-state index contributed by atoms with van der Waals surface area (Å²) in [6, 6.07) is 9.80. The predicted molar refractivity (Wildman–Crippen MR) is 83.6 cm³/mol. The minimum absolute atomic E-state index is 0.0504. The number of rotatable bonds is 3. The van der Waals surface area contributed by atoms with Gasteiger partial charge in [-0.3, -0.25) is 4.98 Å². The van der Waals surface area contributed by atoms with E-state index in [1.807, 2.05) is 47.9 Å². The van der Waals surface area contributed by atoms with Crippen LogP contribution in [0, 0.1) is 0 Å². The molecular formula is C15H14N4S. The molecule has 100 valence electrons. The van der Waals surface area contributed by atoms with Crippen molar-refractivity contribution in [2.75, 3.05) is 0 Å². The van der Waals surface area contributed by atoms with Gasteiger partial charge in [0.1, 0.15) is 5.65 Å². The zero-order valence-corrected chi connectivity index (χ0v) is 11.8. The molecule has 4 nitrogen and oxygen atoms in total. The highest BCUT2D eigenvalue weighted by molar-refractivity contribution is 7.80. The molecule has 0 bridgehead atoms. The second-order valence-corrected chi connectivity index (χ2v) is 5.11. The van der Waals surface area contributed by atoms with Gasteiger partial charge in [-0.1, -0.05) is 25.2 Å². The SMILES string of the molecule is CC(C(N)=S)c1c(-c2ccncc2)nc2ccccn12. The van der Waals surface area contributed by atoms with Gasteiger partial charge in [0.25, 0.3) is 0 Å². The molecule has 3 aromatic rings. The van der Waals surface area contributed by atoms with Gasteiger partial charge in [-0.25, -0.2) is 4.98 Å². The fraction of sp³-hybridized carbons (Fsp3) is 0.133. The minimum Gasteiger partial charge on any atom is -0.393 e. The molecule has 0 saturated heterocycles. The van der Waals surface area contributed by atoms with Gasteiger partial charge in [0.05, 0.1) is 16.4 Å². The van der Waals surface area contributed by atoms with Gasteiger partial charge in [-0.15, -0.1) is 0 Å². The summed E-state index contributed by atoms with van der Waals surface area (Å²) in [5.74, 6) is -0.0504. The standard InChI is InChI=1S/C15H14N4S/c1-10(15(16)20)14-13(11-5-7-17-8-6-11)18-12-4-2-3-9-19(12)14/h2-10H,1H3,(H2,16,20). The average Bonchev–Trinajstić information content (AvgIpc) is 2.86. The van der Waals surface area contributed by atoms with E-state index in [1.54, 1.807) is 12.4 Å². The summed E-state index contributed by atoms with van der Waals surface area (Å²) < 4.78 is 2.04. The molecule has 0 spiro atoms. The number of thiocarbonyl (C=S) groups is 1. The van der Waals surface area contributed by atoms with Crippen molar-refractivity contribution < 1.29 is 0 Å². The van der Waals surface area contributed by atoms with Crippen LogP contribution < -0.4 is 5.73 Å². The van der Waals surface area contributed by atoms with E-state index in [1.165, 1.54) is 0 Å². The Bertz CT molecular complexity index is 764. The Morgan fingerprint density at radius 2 is 2.00 bits per heavy atom. The Hall–Kier alpha value is -2.27. The highest BCUT2D eigenvalue weighted by Gasteiger charge is 2.20. The monoisotopic (exact) mass is 282 g/mol. The Labute approximate surface area is 122 Å². The summed E-state index contributed by atoms with van der Waals surface area (Å²) >= 11 is 5.16. The first-order valence-corrected chi connectivity index (χ1v) is 6.76. The predicted octanol–water partition coefficient (Wildman–Crippen LogP) is 2.79. The molecule has 1 unspecified atom stereocenters. The molecule has 0 radical (unpaired) electrons. The van der Waals surface area contributed by atoms with Crippen LogP contribution in [0.5, 0.6) is 0 Å². The molecule has 2 N–H and O–H groups in total. The van der Waals surface area contributed by atoms with Crippen molar-refractivity contribution in [2.45, 2.75) is 12.8 Å². The van der Waals surface area contributed by atoms with E-state index in [0.717, 1.165) is 22.6 Å². The summed E-state index contributed by atoms with van der Waals surface area (Å²) in [4.78, 5) is 9.22. The first-order valence-electron chi connectivity index (χ1n) is 6.35. The molecular weight excluding hydrogens is 268 g/mol. The highest BCUT2D eigenvalue weighted by Crippen LogP contribution is 2.29. The first-order chi connectivity index (χ1) is 9.68. The molecule has 5 heteroatoms. The van der Waals surface area contributed by atoms with Crippen LogP contribution in [-0.4, -0.2) is 19.4 Å². The van der Waals surface area contributed by atoms with E-state index in [4.69, 9.17) is 22.9 Å². The number of nitrogens with two attached hydrogens (primary N) is 1. The van der Waals surface area contributed by atoms with E-state index >= 15 is 0 Å². The number of hydrogen-bond acceptors (Lipinski definition) is 3. The molecule has 0 aromatic carbocycles. The largest absolute Gasteiger partial charge is 0.393 e. The van der Waals surface area contributed by atoms with Crippen LogP contribution in [-0.2, 0) is 0 Å². The molecule has 0 aliphatic carbocycles. The van der Waals surface area contributed by atoms with Crippen molar-refractivity contribution in [1.29, 1.82) is 0 Å². The van der Waals surface area contributed by atoms with Gasteiger partial charge in [-0.05, 0) is 24.3 Å². The number of aromatic nitrogens is 3. The van der Waals surface area contributed by atoms with E-state index < -0.39 is 0 Å². The summed E-state index contributed by atoms with van der Waals surface area (Å²) in [6.07, 6.45) is 5.50. The molecule has 3 rings (SSSR count). The van der Waals surface area contributed by atoms with Crippen molar-refractivity contribution in [2.24, 2.45) is 5.73 Å². The van der Waals surface area contributed by atoms with Gasteiger partial charge in [-0.2, -0.15) is 0 Å². The van der Waals surface area contributed by atoms with Crippen molar-refractivity contribution in [3.8, 4) is 11.3 Å². The Morgan fingerprint density at radius 3 is 2.70 bits per heavy atom. The molecule has 0 fully saturated rings. The smallest absolute Gasteiger partial charge is 0.137 e. The van der Waals surface area contributed by atoms with Crippen molar-refractivity contribution in [3.05, 3.63) is 54.6 Å². The third-order valence-corrected chi connectivity index (χ3v) is 3.71. The minimum atomic E-state index is -0.0504. The second kappa shape index (κ2) is 5.02. The maximum Gasteiger partial charge on any atom is 0.137 e. The Morgan fingerprint density at radius 1 is 1.25 bits per heavy atom. The average molecular weight is 282 g/mol. The molecule has 3 aromatic heterocycles. The number of hydrogen-bond donors (Lipinski definition) is 1. The van der Waals surface area contributed by atoms with Crippen LogP contribution in [0.25, 0.3) is 16.9 Å². The van der Waals surface area contributed by atoms with Crippen molar-refractivity contribution >= 4 is 22.9 Å². The lowest BCUT2D eigenvalue weighted by atomic mass is 10.0. The maximum atomic E-state index is 5.84. The van der Waals surface area contributed by atoms with Gasteiger partial charge < -0.3 is 10.1 Å². The van der Waals surface area contributed by atoms with Crippen LogP contribution in [0.4, 0.5) is 0 Å². The zero-order chi connectivity index (χ0) is 14.1. The molecule has 0 saturated carbocycles. The number of fused-ring (bicyclic) bond motifs is 1. The van der Waals surface area contributed by atoms with E-state index in [2.05, 4.69) is 4.98 Å². The fourth-order valence-corrected chi connectivity index (χ4v) is 2.40. The Balaban J connectivity index is 2.31. The molecule has 0 aliphatic heterocycles. The highest BCUT2D eigenvalue weighted by atomic mass is 32.1. The van der Waals surface area contributed by atoms with Crippen LogP contribution in [0.15, 0.2) is 48.9 Å². The quantitative estimate of drug-likeness (QED) is 0.750. The summed E-state index contributed by atoms with van der Waals surface area (Å²) in [5.41, 5.74) is 9.66. The van der Waals surface area contributed by atoms with E-state index in [-0.39, 0.29) is 5.92 Å². The van der Waals surface area contributed by atoms with Gasteiger partial charge in [0, 0.05) is 30.1 Å². The third-order valence-electron chi connectivity index (χ3n) is 3.36. The van der Waals surface area contributed by atoms with Crippen molar-refractivity contribution in [3.63, 3.8) is 0 Å². The van der Waals surface area contributed by atoms with Gasteiger partial charge in [0.15, 0.2) is 0 Å². The summed E-state index contributed by atoms with van der Waals surface area (Å²) in [6.45, 7) is 2.00. The lowest BCUT2D eigenvalue weighted by Crippen LogP contribution is -2.18. The summed E-state index contributed by atoms with van der Waals surface area (Å²) in [5, 5.41) is 0. The van der Waals surface area contributed by atoms with E-state index in [0.29, 0.717) is 4.99 Å². The number of pyridine rings is 2. The molecule has 0 amide bonds. The van der Waals surface area contributed by atoms with Crippen LogP contribution >= 0.6 is 12.2 Å². The van der Waals surface area contributed by atoms with Crippen LogP contribution in [0.2, 0.25) is 0 Å². The number of imidazole rings is 1. The summed E-state index contributed by atoms with van der Waals surface area (Å²) in [7, 11) is 0. The van der Waals surface area contributed by atoms with Crippen molar-refractivity contribution in [1.82, 2.24) is 14.4 Å². The fourth-order valence-electron chi connectivity index (χ4n) is 2.29. The molecule has 0 aliphatic rings. The Kier molecular flexibility index (Phi) is 3.20. The topological polar surface area (TPSA) is 56.2 Å². The van der Waals surface area contributed by atoms with E-state index in [9.17, 15) is 0 Å². The lowest BCUT2D eigenvalue weighted by Gasteiger charge is -2.12. The third kappa shape index (κ3) is 2.06. The zero-order valence-electron chi connectivity index (χ0n) is 11.0. The maximum absolute atomic E-state index is 5.84. The molecule has 3 heterocycles. The lowest BCUT2D eigenvalue weighted by molar-refractivity contribution is 0.930. The second-order valence-electron chi connectivity index (χ2n) is 4.63. The van der Waals surface area contributed by atoms with Gasteiger partial charge in [0.2, 0.25) is 0 Å². The van der Waals surface area contributed by atoms with Crippen LogP contribution in [0.1, 0.15) is 18.5 Å². The van der Waals surface area contributed by atoms with Crippen LogP contribution in [0.3, 0.4) is 0 Å². The first kappa shape index (κ1) is 12.7. The number of nitrogens with zero attached hydrogens (tertiary/aromatic N) is 3. The van der Waals surface area contributed by atoms with Gasteiger partial charge >= 0.3 is 0 Å².